The van der Waals surface area contributed by atoms with Gasteiger partial charge in [-0.3, -0.25) is 9.59 Å². The van der Waals surface area contributed by atoms with E-state index in [1.807, 2.05) is 38.1 Å². The fourth-order valence-electron chi connectivity index (χ4n) is 3.39. The number of para-hydroxylation sites is 1. The number of hydrogen-bond donors (Lipinski definition) is 1. The van der Waals surface area contributed by atoms with Gasteiger partial charge in [0.1, 0.15) is 5.82 Å². The molecule has 4 nitrogen and oxygen atoms in total. The molecule has 2 unspecified atom stereocenters. The van der Waals surface area contributed by atoms with Gasteiger partial charge < -0.3 is 10.2 Å². The Morgan fingerprint density at radius 1 is 1.15 bits per heavy atom. The Morgan fingerprint density at radius 2 is 1.85 bits per heavy atom. The molecule has 0 spiro atoms. The lowest BCUT2D eigenvalue weighted by molar-refractivity contribution is -0.136. The van der Waals surface area contributed by atoms with Crippen LogP contribution in [0.1, 0.15) is 36.8 Å². The molecule has 0 bridgehead atoms. The third-order valence-electron chi connectivity index (χ3n) is 4.96. The van der Waals surface area contributed by atoms with Gasteiger partial charge in [-0.1, -0.05) is 37.3 Å². The smallest absolute Gasteiger partial charge is 0.244 e. The Labute approximate surface area is 159 Å². The van der Waals surface area contributed by atoms with E-state index >= 15 is 0 Å². The summed E-state index contributed by atoms with van der Waals surface area (Å²) in [5.74, 6) is -0.455. The number of carbonyl (C=O) groups excluding carboxylic acids is 2. The first-order valence-electron chi connectivity index (χ1n) is 9.39. The monoisotopic (exact) mass is 368 g/mol. The maximum Gasteiger partial charge on any atom is 0.244 e. The highest BCUT2D eigenvalue weighted by atomic mass is 19.1. The molecular formula is C22H25FN2O2. The lowest BCUT2D eigenvalue weighted by Crippen LogP contribution is -2.39. The summed E-state index contributed by atoms with van der Waals surface area (Å²) in [6.45, 7) is 4.52. The van der Waals surface area contributed by atoms with Crippen molar-refractivity contribution in [3.63, 3.8) is 0 Å². The van der Waals surface area contributed by atoms with Crippen molar-refractivity contribution in [1.82, 2.24) is 4.90 Å². The average Bonchev–Trinajstić information content (AvgIpc) is 3.44. The fourth-order valence-corrected chi connectivity index (χ4v) is 3.39. The number of halogens is 1. The summed E-state index contributed by atoms with van der Waals surface area (Å²) in [6, 6.07) is 13.9. The number of carbonyl (C=O) groups is 2. The molecule has 1 aliphatic rings. The van der Waals surface area contributed by atoms with Crippen LogP contribution >= 0.6 is 0 Å². The second-order valence-corrected chi connectivity index (χ2v) is 7.12. The summed E-state index contributed by atoms with van der Waals surface area (Å²) in [6.07, 6.45) is 1.54. The van der Waals surface area contributed by atoms with E-state index in [1.54, 1.807) is 17.0 Å². The van der Waals surface area contributed by atoms with Crippen LogP contribution in [-0.4, -0.2) is 29.8 Å². The molecule has 0 radical (unpaired) electrons. The standard InChI is InChI=1S/C22H25FN2O2/c1-3-12-25(14-21(26)24-20-7-5-4-6-15(20)2)22(27)19-13-18(19)16-8-10-17(23)11-9-16/h4-11,18-19H,3,12-14H2,1-2H3,(H,24,26). The molecule has 0 heterocycles. The zero-order valence-corrected chi connectivity index (χ0v) is 15.7. The van der Waals surface area contributed by atoms with Crippen molar-refractivity contribution in [2.75, 3.05) is 18.4 Å². The highest BCUT2D eigenvalue weighted by molar-refractivity contribution is 5.95. The van der Waals surface area contributed by atoms with Crippen molar-refractivity contribution >= 4 is 17.5 Å². The lowest BCUT2D eigenvalue weighted by atomic mass is 10.1. The van der Waals surface area contributed by atoms with E-state index < -0.39 is 0 Å². The van der Waals surface area contributed by atoms with Crippen LogP contribution in [0.4, 0.5) is 10.1 Å². The fraction of sp³-hybridized carbons (Fsp3) is 0.364. The molecule has 1 aliphatic carbocycles. The number of hydrogen-bond acceptors (Lipinski definition) is 2. The summed E-state index contributed by atoms with van der Waals surface area (Å²) in [4.78, 5) is 27.0. The Hall–Kier alpha value is -2.69. The zero-order valence-electron chi connectivity index (χ0n) is 15.7. The molecule has 5 heteroatoms. The molecular weight excluding hydrogens is 343 g/mol. The quantitative estimate of drug-likeness (QED) is 0.799. The summed E-state index contributed by atoms with van der Waals surface area (Å²) in [5, 5.41) is 2.89. The predicted octanol–water partition coefficient (Wildman–Crippen LogP) is 4.11. The lowest BCUT2D eigenvalue weighted by Gasteiger charge is -2.22. The first-order valence-corrected chi connectivity index (χ1v) is 9.39. The molecule has 0 aromatic heterocycles. The molecule has 0 aliphatic heterocycles. The highest BCUT2D eigenvalue weighted by Gasteiger charge is 2.45. The van der Waals surface area contributed by atoms with Gasteiger partial charge in [-0.2, -0.15) is 0 Å². The minimum atomic E-state index is -0.275. The van der Waals surface area contributed by atoms with Crippen LogP contribution in [0, 0.1) is 18.7 Å². The van der Waals surface area contributed by atoms with Crippen LogP contribution in [0.25, 0.3) is 0 Å². The van der Waals surface area contributed by atoms with Crippen LogP contribution in [0.2, 0.25) is 0 Å². The van der Waals surface area contributed by atoms with Gasteiger partial charge in [0, 0.05) is 18.2 Å². The number of anilines is 1. The van der Waals surface area contributed by atoms with Gasteiger partial charge >= 0.3 is 0 Å². The summed E-state index contributed by atoms with van der Waals surface area (Å²) in [7, 11) is 0. The molecule has 1 saturated carbocycles. The minimum Gasteiger partial charge on any atom is -0.333 e. The Morgan fingerprint density at radius 3 is 2.52 bits per heavy atom. The zero-order chi connectivity index (χ0) is 19.4. The third kappa shape index (κ3) is 4.73. The summed E-state index contributed by atoms with van der Waals surface area (Å²) in [5.41, 5.74) is 2.73. The first-order chi connectivity index (χ1) is 13.0. The van der Waals surface area contributed by atoms with E-state index in [2.05, 4.69) is 5.32 Å². The molecule has 2 aromatic rings. The van der Waals surface area contributed by atoms with Gasteiger partial charge in [0.25, 0.3) is 0 Å². The van der Waals surface area contributed by atoms with Gasteiger partial charge in [-0.25, -0.2) is 4.39 Å². The van der Waals surface area contributed by atoms with E-state index in [-0.39, 0.29) is 36.0 Å². The van der Waals surface area contributed by atoms with Crippen molar-refractivity contribution in [2.24, 2.45) is 5.92 Å². The molecule has 2 amide bonds. The average molecular weight is 368 g/mol. The van der Waals surface area contributed by atoms with Crippen molar-refractivity contribution in [3.8, 4) is 0 Å². The molecule has 2 aromatic carbocycles. The Kier molecular flexibility index (Phi) is 5.89. The van der Waals surface area contributed by atoms with Gasteiger partial charge in [-0.15, -0.1) is 0 Å². The Bertz CT molecular complexity index is 819. The molecule has 1 fully saturated rings. The van der Waals surface area contributed by atoms with Gasteiger partial charge in [0.15, 0.2) is 0 Å². The third-order valence-corrected chi connectivity index (χ3v) is 4.96. The van der Waals surface area contributed by atoms with E-state index in [0.717, 1.165) is 29.7 Å². The molecule has 0 saturated heterocycles. The minimum absolute atomic E-state index is 0.00566. The molecule has 2 atom stereocenters. The number of amides is 2. The second-order valence-electron chi connectivity index (χ2n) is 7.12. The summed E-state index contributed by atoms with van der Waals surface area (Å²) < 4.78 is 13.1. The van der Waals surface area contributed by atoms with Crippen LogP contribution in [0.5, 0.6) is 0 Å². The maximum atomic E-state index is 13.1. The second kappa shape index (κ2) is 8.33. The Balaban J connectivity index is 1.61. The number of aryl methyl sites for hydroxylation is 1. The van der Waals surface area contributed by atoms with E-state index in [1.165, 1.54) is 12.1 Å². The largest absolute Gasteiger partial charge is 0.333 e. The number of rotatable bonds is 7. The van der Waals surface area contributed by atoms with Gasteiger partial charge in [0.05, 0.1) is 6.54 Å². The van der Waals surface area contributed by atoms with Crippen LogP contribution in [-0.2, 0) is 9.59 Å². The topological polar surface area (TPSA) is 49.4 Å². The molecule has 27 heavy (non-hydrogen) atoms. The first kappa shape index (κ1) is 19.1. The van der Waals surface area contributed by atoms with Gasteiger partial charge in [-0.05, 0) is 55.0 Å². The normalized spacial score (nSPS) is 18.0. The number of nitrogens with one attached hydrogen (secondary N) is 1. The van der Waals surface area contributed by atoms with Gasteiger partial charge in [0.2, 0.25) is 11.8 Å². The van der Waals surface area contributed by atoms with Crippen molar-refractivity contribution in [2.45, 2.75) is 32.6 Å². The van der Waals surface area contributed by atoms with E-state index in [4.69, 9.17) is 0 Å². The van der Waals surface area contributed by atoms with Crippen molar-refractivity contribution in [3.05, 3.63) is 65.5 Å². The predicted molar refractivity (Wildman–Crippen MR) is 104 cm³/mol. The van der Waals surface area contributed by atoms with Crippen LogP contribution in [0.15, 0.2) is 48.5 Å². The molecule has 142 valence electrons. The van der Waals surface area contributed by atoms with Crippen molar-refractivity contribution in [1.29, 1.82) is 0 Å². The van der Waals surface area contributed by atoms with Crippen LogP contribution in [0.3, 0.4) is 0 Å². The maximum absolute atomic E-state index is 13.1. The molecule has 1 N–H and O–H groups in total. The SMILES string of the molecule is CCCN(CC(=O)Nc1ccccc1C)C(=O)C1CC1c1ccc(F)cc1. The van der Waals surface area contributed by atoms with Crippen molar-refractivity contribution < 1.29 is 14.0 Å². The molecule has 3 rings (SSSR count). The number of benzene rings is 2. The highest BCUT2D eigenvalue weighted by Crippen LogP contribution is 2.48. The number of nitrogens with zero attached hydrogens (tertiary/aromatic N) is 1. The van der Waals surface area contributed by atoms with E-state index in [0.29, 0.717) is 6.54 Å². The summed E-state index contributed by atoms with van der Waals surface area (Å²) >= 11 is 0. The van der Waals surface area contributed by atoms with E-state index in [9.17, 15) is 14.0 Å². The van der Waals surface area contributed by atoms with Crippen LogP contribution < -0.4 is 5.32 Å².